The van der Waals surface area contributed by atoms with E-state index in [4.69, 9.17) is 9.84 Å². The molecule has 1 atom stereocenters. The Balaban J connectivity index is 3.05. The summed E-state index contributed by atoms with van der Waals surface area (Å²) in [4.78, 5) is 10.5. The number of hydrogen-bond donors (Lipinski definition) is 2. The minimum absolute atomic E-state index is 0.348. The average Bonchev–Trinajstić information content (AvgIpc) is 2.15. The maximum Gasteiger partial charge on any atom is 0.306 e. The van der Waals surface area contributed by atoms with Crippen molar-refractivity contribution in [3.63, 3.8) is 0 Å². The van der Waals surface area contributed by atoms with Crippen LogP contribution in [-0.4, -0.2) is 23.3 Å². The number of methoxy groups -OCH3 is 1. The molecule has 0 aliphatic carbocycles. The maximum absolute atomic E-state index is 10.5. The molecule has 0 bridgehead atoms. The molecule has 1 rings (SSSR count). The van der Waals surface area contributed by atoms with E-state index in [1.54, 1.807) is 18.2 Å². The van der Waals surface area contributed by atoms with E-state index < -0.39 is 12.1 Å². The van der Waals surface area contributed by atoms with Gasteiger partial charge in [-0.25, -0.2) is 0 Å². The van der Waals surface area contributed by atoms with Gasteiger partial charge in [0.2, 0.25) is 0 Å². The van der Waals surface area contributed by atoms with E-state index in [1.807, 2.05) is 0 Å². The molecule has 5 heteroatoms. The quantitative estimate of drug-likeness (QED) is 0.881. The third kappa shape index (κ3) is 2.94. The zero-order chi connectivity index (χ0) is 11.4. The zero-order valence-corrected chi connectivity index (χ0v) is 9.69. The second-order valence-corrected chi connectivity index (χ2v) is 3.82. The summed E-state index contributed by atoms with van der Waals surface area (Å²) >= 11 is 3.25. The van der Waals surface area contributed by atoms with Crippen LogP contribution < -0.4 is 4.74 Å². The number of aliphatic hydroxyl groups is 1. The van der Waals surface area contributed by atoms with Crippen molar-refractivity contribution in [2.24, 2.45) is 0 Å². The SMILES string of the molecule is COc1cccc(Br)c1C(O)CC(=O)O. The molecule has 1 unspecified atom stereocenters. The van der Waals surface area contributed by atoms with E-state index in [2.05, 4.69) is 15.9 Å². The Bertz CT molecular complexity index is 364. The molecule has 1 aromatic rings. The molecule has 4 nitrogen and oxygen atoms in total. The molecular formula is C10H11BrO4. The normalized spacial score (nSPS) is 12.2. The first-order valence-electron chi connectivity index (χ1n) is 4.28. The lowest BCUT2D eigenvalue weighted by Gasteiger charge is -2.14. The van der Waals surface area contributed by atoms with E-state index >= 15 is 0 Å². The molecule has 0 aromatic heterocycles. The molecule has 0 aliphatic heterocycles. The molecule has 0 radical (unpaired) electrons. The van der Waals surface area contributed by atoms with E-state index in [1.165, 1.54) is 7.11 Å². The number of carboxylic acids is 1. The summed E-state index contributed by atoms with van der Waals surface area (Å²) in [6.45, 7) is 0. The highest BCUT2D eigenvalue weighted by atomic mass is 79.9. The van der Waals surface area contributed by atoms with Gasteiger partial charge in [0.05, 0.1) is 19.6 Å². The number of benzene rings is 1. The van der Waals surface area contributed by atoms with Gasteiger partial charge in [0.1, 0.15) is 5.75 Å². The van der Waals surface area contributed by atoms with Crippen LogP contribution in [0, 0.1) is 0 Å². The van der Waals surface area contributed by atoms with Crippen molar-refractivity contribution in [2.45, 2.75) is 12.5 Å². The number of aliphatic carboxylic acids is 1. The highest BCUT2D eigenvalue weighted by Gasteiger charge is 2.19. The van der Waals surface area contributed by atoms with Crippen molar-refractivity contribution in [1.29, 1.82) is 0 Å². The molecule has 0 spiro atoms. The van der Waals surface area contributed by atoms with E-state index in [0.29, 0.717) is 15.8 Å². The minimum Gasteiger partial charge on any atom is -0.496 e. The molecule has 0 saturated carbocycles. The predicted octanol–water partition coefficient (Wildman–Crippen LogP) is 1.97. The number of carbonyl (C=O) groups is 1. The van der Waals surface area contributed by atoms with Gasteiger partial charge in [-0.3, -0.25) is 4.79 Å². The molecule has 15 heavy (non-hydrogen) atoms. The van der Waals surface area contributed by atoms with Crippen LogP contribution in [0.25, 0.3) is 0 Å². The number of aliphatic hydroxyl groups excluding tert-OH is 1. The smallest absolute Gasteiger partial charge is 0.306 e. The van der Waals surface area contributed by atoms with Gasteiger partial charge in [0.25, 0.3) is 0 Å². The first-order valence-corrected chi connectivity index (χ1v) is 5.07. The van der Waals surface area contributed by atoms with Gasteiger partial charge in [0.15, 0.2) is 0 Å². The Morgan fingerprint density at radius 3 is 2.80 bits per heavy atom. The Morgan fingerprint density at radius 2 is 2.27 bits per heavy atom. The lowest BCUT2D eigenvalue weighted by molar-refractivity contribution is -0.139. The van der Waals surface area contributed by atoms with Gasteiger partial charge in [-0.05, 0) is 12.1 Å². The van der Waals surface area contributed by atoms with E-state index in [9.17, 15) is 9.90 Å². The Morgan fingerprint density at radius 1 is 1.60 bits per heavy atom. The Kier molecular flexibility index (Phi) is 4.11. The van der Waals surface area contributed by atoms with Crippen LogP contribution in [0.3, 0.4) is 0 Å². The van der Waals surface area contributed by atoms with Gasteiger partial charge in [-0.15, -0.1) is 0 Å². The fourth-order valence-electron chi connectivity index (χ4n) is 1.29. The summed E-state index contributed by atoms with van der Waals surface area (Å²) in [7, 11) is 1.47. The molecule has 1 aromatic carbocycles. The number of halogens is 1. The van der Waals surface area contributed by atoms with Crippen LogP contribution in [-0.2, 0) is 4.79 Å². The van der Waals surface area contributed by atoms with Crippen LogP contribution in [0.2, 0.25) is 0 Å². The minimum atomic E-state index is -1.08. The van der Waals surface area contributed by atoms with Crippen molar-refractivity contribution in [1.82, 2.24) is 0 Å². The van der Waals surface area contributed by atoms with Gasteiger partial charge in [-0.1, -0.05) is 22.0 Å². The summed E-state index contributed by atoms with van der Waals surface area (Å²) in [6, 6.07) is 5.15. The number of ether oxygens (including phenoxy) is 1. The second-order valence-electron chi connectivity index (χ2n) is 2.97. The van der Waals surface area contributed by atoms with Gasteiger partial charge >= 0.3 is 5.97 Å². The molecule has 0 saturated heterocycles. The van der Waals surface area contributed by atoms with Gasteiger partial charge in [0, 0.05) is 10.0 Å². The van der Waals surface area contributed by atoms with Crippen LogP contribution >= 0.6 is 15.9 Å². The van der Waals surface area contributed by atoms with E-state index in [-0.39, 0.29) is 6.42 Å². The van der Waals surface area contributed by atoms with Gasteiger partial charge in [-0.2, -0.15) is 0 Å². The summed E-state index contributed by atoms with van der Waals surface area (Å²) in [6.07, 6.45) is -1.42. The van der Waals surface area contributed by atoms with Crippen molar-refractivity contribution in [3.8, 4) is 5.75 Å². The molecule has 0 heterocycles. The van der Waals surface area contributed by atoms with Crippen molar-refractivity contribution in [2.75, 3.05) is 7.11 Å². The summed E-state index contributed by atoms with van der Waals surface area (Å²) < 4.78 is 5.68. The topological polar surface area (TPSA) is 66.8 Å². The molecule has 82 valence electrons. The fraction of sp³-hybridized carbons (Fsp3) is 0.300. The standard InChI is InChI=1S/C10H11BrO4/c1-15-8-4-2-3-6(11)10(8)7(12)5-9(13)14/h2-4,7,12H,5H2,1H3,(H,13,14). The first-order chi connectivity index (χ1) is 7.06. The predicted molar refractivity (Wildman–Crippen MR) is 57.9 cm³/mol. The molecule has 0 fully saturated rings. The Labute approximate surface area is 95.6 Å². The molecule has 0 amide bonds. The maximum atomic E-state index is 10.5. The fourth-order valence-corrected chi connectivity index (χ4v) is 1.90. The van der Waals surface area contributed by atoms with Crippen LogP contribution in [0.1, 0.15) is 18.1 Å². The van der Waals surface area contributed by atoms with Gasteiger partial charge < -0.3 is 14.9 Å². The Hall–Kier alpha value is -1.07. The summed E-state index contributed by atoms with van der Waals surface area (Å²) in [5, 5.41) is 18.3. The zero-order valence-electron chi connectivity index (χ0n) is 8.11. The monoisotopic (exact) mass is 274 g/mol. The van der Waals surface area contributed by atoms with E-state index in [0.717, 1.165) is 0 Å². The number of rotatable bonds is 4. The summed E-state index contributed by atoms with van der Waals surface area (Å²) in [5.74, 6) is -0.585. The van der Waals surface area contributed by atoms with Crippen molar-refractivity contribution in [3.05, 3.63) is 28.2 Å². The molecule has 0 aliphatic rings. The second kappa shape index (κ2) is 5.14. The van der Waals surface area contributed by atoms with Crippen LogP contribution in [0.4, 0.5) is 0 Å². The highest BCUT2D eigenvalue weighted by Crippen LogP contribution is 2.33. The van der Waals surface area contributed by atoms with Crippen molar-refractivity contribution < 1.29 is 19.7 Å². The largest absolute Gasteiger partial charge is 0.496 e. The van der Waals surface area contributed by atoms with Crippen LogP contribution in [0.5, 0.6) is 5.75 Å². The highest BCUT2D eigenvalue weighted by molar-refractivity contribution is 9.10. The number of hydrogen-bond acceptors (Lipinski definition) is 3. The number of carboxylic acid groups (broad SMARTS) is 1. The lowest BCUT2D eigenvalue weighted by atomic mass is 10.1. The van der Waals surface area contributed by atoms with Crippen LogP contribution in [0.15, 0.2) is 22.7 Å². The molecular weight excluding hydrogens is 264 g/mol. The third-order valence-electron chi connectivity index (χ3n) is 1.93. The third-order valence-corrected chi connectivity index (χ3v) is 2.63. The summed E-state index contributed by atoms with van der Waals surface area (Å²) in [5.41, 5.74) is 0.461. The first kappa shape index (κ1) is 12.0. The lowest BCUT2D eigenvalue weighted by Crippen LogP contribution is -2.07. The van der Waals surface area contributed by atoms with Crippen molar-refractivity contribution >= 4 is 21.9 Å². The molecule has 2 N–H and O–H groups in total. The average molecular weight is 275 g/mol.